The van der Waals surface area contributed by atoms with Gasteiger partial charge in [0.15, 0.2) is 5.76 Å². The van der Waals surface area contributed by atoms with E-state index in [1.807, 2.05) is 55.5 Å². The van der Waals surface area contributed by atoms with Gasteiger partial charge in [-0.15, -0.1) is 0 Å². The number of benzene rings is 2. The highest BCUT2D eigenvalue weighted by Gasteiger charge is 2.23. The van der Waals surface area contributed by atoms with Gasteiger partial charge >= 0.3 is 0 Å². The lowest BCUT2D eigenvalue weighted by Crippen LogP contribution is -2.25. The zero-order valence-electron chi connectivity index (χ0n) is 15.0. The van der Waals surface area contributed by atoms with E-state index in [0.717, 1.165) is 35.5 Å². The molecule has 1 saturated carbocycles. The van der Waals surface area contributed by atoms with Crippen molar-refractivity contribution in [2.24, 2.45) is 0 Å². The van der Waals surface area contributed by atoms with E-state index in [1.54, 1.807) is 0 Å². The molecule has 0 spiro atoms. The molecule has 1 fully saturated rings. The zero-order valence-corrected chi connectivity index (χ0v) is 15.7. The number of oxazole rings is 1. The quantitative estimate of drug-likeness (QED) is 0.643. The third kappa shape index (κ3) is 4.31. The van der Waals surface area contributed by atoms with Crippen LogP contribution in [0.25, 0.3) is 11.3 Å². The largest absolute Gasteiger partial charge is 0.438 e. The summed E-state index contributed by atoms with van der Waals surface area (Å²) in [6, 6.07) is 15.3. The Kier molecular flexibility index (Phi) is 4.86. The summed E-state index contributed by atoms with van der Waals surface area (Å²) < 4.78 is 5.89. The minimum Gasteiger partial charge on any atom is -0.438 e. The Hall–Kier alpha value is -2.79. The van der Waals surface area contributed by atoms with Crippen molar-refractivity contribution >= 4 is 23.2 Å². The molecule has 0 radical (unpaired) electrons. The third-order valence-electron chi connectivity index (χ3n) is 4.45. The van der Waals surface area contributed by atoms with Gasteiger partial charge in [-0.05, 0) is 68.3 Å². The summed E-state index contributed by atoms with van der Waals surface area (Å²) in [6.07, 6.45) is 2.16. The number of amides is 1. The van der Waals surface area contributed by atoms with Crippen LogP contribution in [0.3, 0.4) is 0 Å². The highest BCUT2D eigenvalue weighted by Crippen LogP contribution is 2.26. The van der Waals surface area contributed by atoms with Crippen molar-refractivity contribution in [3.8, 4) is 11.3 Å². The highest BCUT2D eigenvalue weighted by molar-refractivity contribution is 6.30. The van der Waals surface area contributed by atoms with Crippen molar-refractivity contribution in [3.05, 3.63) is 70.7 Å². The maximum Gasteiger partial charge on any atom is 0.251 e. The fraction of sp³-hybridized carbons (Fsp3) is 0.238. The van der Waals surface area contributed by atoms with Crippen molar-refractivity contribution in [2.75, 3.05) is 5.32 Å². The van der Waals surface area contributed by atoms with Gasteiger partial charge in [-0.2, -0.15) is 0 Å². The van der Waals surface area contributed by atoms with E-state index in [0.29, 0.717) is 29.1 Å². The standard InChI is InChI=1S/C21H20ClN3O2/c1-13-20(14-2-6-16(22)7-3-14)27-19(24-13)12-23-17-8-4-15(5-9-17)21(26)25-18-10-11-18/h2-9,18,23H,10-12H2,1H3,(H,25,26). The summed E-state index contributed by atoms with van der Waals surface area (Å²) in [4.78, 5) is 16.5. The molecule has 1 amide bonds. The molecule has 1 aliphatic carbocycles. The van der Waals surface area contributed by atoms with E-state index in [9.17, 15) is 4.79 Å². The van der Waals surface area contributed by atoms with E-state index in [1.165, 1.54) is 0 Å². The van der Waals surface area contributed by atoms with Crippen molar-refractivity contribution in [3.63, 3.8) is 0 Å². The Bertz CT molecular complexity index is 945. The highest BCUT2D eigenvalue weighted by atomic mass is 35.5. The average molecular weight is 382 g/mol. The Labute approximate surface area is 162 Å². The number of halogens is 1. The van der Waals surface area contributed by atoms with Gasteiger partial charge in [-0.1, -0.05) is 11.6 Å². The summed E-state index contributed by atoms with van der Waals surface area (Å²) >= 11 is 5.94. The lowest BCUT2D eigenvalue weighted by atomic mass is 10.1. The predicted molar refractivity (Wildman–Crippen MR) is 106 cm³/mol. The molecule has 138 valence electrons. The fourth-order valence-corrected chi connectivity index (χ4v) is 2.94. The monoisotopic (exact) mass is 381 g/mol. The third-order valence-corrected chi connectivity index (χ3v) is 4.70. The van der Waals surface area contributed by atoms with E-state index in [4.69, 9.17) is 16.0 Å². The average Bonchev–Trinajstić information content (AvgIpc) is 3.41. The minimum atomic E-state index is -0.0139. The Balaban J connectivity index is 1.39. The molecule has 2 N–H and O–H groups in total. The summed E-state index contributed by atoms with van der Waals surface area (Å²) in [5, 5.41) is 6.94. The van der Waals surface area contributed by atoms with Gasteiger partial charge in [0, 0.05) is 27.9 Å². The Morgan fingerprint density at radius 3 is 2.52 bits per heavy atom. The van der Waals surface area contributed by atoms with Crippen molar-refractivity contribution in [1.29, 1.82) is 0 Å². The lowest BCUT2D eigenvalue weighted by molar-refractivity contribution is 0.0951. The zero-order chi connectivity index (χ0) is 18.8. The molecule has 4 rings (SSSR count). The molecule has 27 heavy (non-hydrogen) atoms. The molecule has 1 aromatic heterocycles. The second kappa shape index (κ2) is 7.45. The van der Waals surface area contributed by atoms with Gasteiger partial charge < -0.3 is 15.1 Å². The number of aryl methyl sites for hydroxylation is 1. The van der Waals surface area contributed by atoms with E-state index in [2.05, 4.69) is 15.6 Å². The molecule has 6 heteroatoms. The topological polar surface area (TPSA) is 67.2 Å². The van der Waals surface area contributed by atoms with Crippen molar-refractivity contribution < 1.29 is 9.21 Å². The van der Waals surface area contributed by atoms with E-state index < -0.39 is 0 Å². The molecule has 1 aliphatic rings. The summed E-state index contributed by atoms with van der Waals surface area (Å²) in [5.74, 6) is 1.34. The molecule has 0 unspecified atom stereocenters. The molecule has 1 heterocycles. The van der Waals surface area contributed by atoms with Crippen LogP contribution < -0.4 is 10.6 Å². The summed E-state index contributed by atoms with van der Waals surface area (Å²) in [5.41, 5.74) is 3.36. The number of nitrogens with zero attached hydrogens (tertiary/aromatic N) is 1. The van der Waals surface area contributed by atoms with Gasteiger partial charge in [0.2, 0.25) is 5.89 Å². The van der Waals surface area contributed by atoms with Crippen molar-refractivity contribution in [1.82, 2.24) is 10.3 Å². The number of anilines is 1. The second-order valence-corrected chi connectivity index (χ2v) is 7.14. The van der Waals surface area contributed by atoms with Crippen molar-refractivity contribution in [2.45, 2.75) is 32.4 Å². The maximum atomic E-state index is 12.0. The van der Waals surface area contributed by atoms with Crippen LogP contribution in [0.2, 0.25) is 5.02 Å². The Morgan fingerprint density at radius 2 is 1.85 bits per heavy atom. The number of rotatable bonds is 6. The molecule has 0 saturated heterocycles. The van der Waals surface area contributed by atoms with Crippen LogP contribution in [0.4, 0.5) is 5.69 Å². The minimum absolute atomic E-state index is 0.0139. The molecule has 0 aliphatic heterocycles. The maximum absolute atomic E-state index is 12.0. The van der Waals surface area contributed by atoms with Gasteiger partial charge in [-0.3, -0.25) is 4.79 Å². The van der Waals surface area contributed by atoms with Gasteiger partial charge in [0.1, 0.15) is 0 Å². The number of hydrogen-bond donors (Lipinski definition) is 2. The first-order valence-electron chi connectivity index (χ1n) is 8.95. The SMILES string of the molecule is Cc1nc(CNc2ccc(C(=O)NC3CC3)cc2)oc1-c1ccc(Cl)cc1. The van der Waals surface area contributed by atoms with E-state index in [-0.39, 0.29) is 5.91 Å². The summed E-state index contributed by atoms with van der Waals surface area (Å²) in [6.45, 7) is 2.38. The number of carbonyl (C=O) groups is 1. The van der Waals surface area contributed by atoms with Crippen LogP contribution in [-0.2, 0) is 6.54 Å². The second-order valence-electron chi connectivity index (χ2n) is 6.71. The van der Waals surface area contributed by atoms with Crippen LogP contribution in [0.15, 0.2) is 52.9 Å². The lowest BCUT2D eigenvalue weighted by Gasteiger charge is -2.06. The molecule has 0 atom stereocenters. The normalized spacial score (nSPS) is 13.4. The van der Waals surface area contributed by atoms with Crippen LogP contribution in [0, 0.1) is 6.92 Å². The van der Waals surface area contributed by atoms with Gasteiger partial charge in [0.05, 0.1) is 12.2 Å². The molecule has 3 aromatic rings. The molecular formula is C21H20ClN3O2. The number of aromatic nitrogens is 1. The fourth-order valence-electron chi connectivity index (χ4n) is 2.81. The molecule has 0 bridgehead atoms. The van der Waals surface area contributed by atoms with Gasteiger partial charge in [0.25, 0.3) is 5.91 Å². The van der Waals surface area contributed by atoms with Crippen LogP contribution in [-0.4, -0.2) is 16.9 Å². The van der Waals surface area contributed by atoms with Crippen LogP contribution in [0.1, 0.15) is 34.8 Å². The van der Waals surface area contributed by atoms with E-state index >= 15 is 0 Å². The Morgan fingerprint density at radius 1 is 1.15 bits per heavy atom. The predicted octanol–water partition coefficient (Wildman–Crippen LogP) is 4.81. The smallest absolute Gasteiger partial charge is 0.251 e. The molecule has 2 aromatic carbocycles. The first-order valence-corrected chi connectivity index (χ1v) is 9.33. The molecular weight excluding hydrogens is 362 g/mol. The number of carbonyl (C=O) groups excluding carboxylic acids is 1. The first-order chi connectivity index (χ1) is 13.1. The first kappa shape index (κ1) is 17.6. The molecule has 5 nitrogen and oxygen atoms in total. The number of nitrogens with one attached hydrogen (secondary N) is 2. The number of hydrogen-bond acceptors (Lipinski definition) is 4. The van der Waals surface area contributed by atoms with Crippen LogP contribution >= 0.6 is 11.6 Å². The van der Waals surface area contributed by atoms with Gasteiger partial charge in [-0.25, -0.2) is 4.98 Å². The van der Waals surface area contributed by atoms with Crippen LogP contribution in [0.5, 0.6) is 0 Å². The summed E-state index contributed by atoms with van der Waals surface area (Å²) in [7, 11) is 0.